The van der Waals surface area contributed by atoms with Crippen molar-refractivity contribution in [1.82, 2.24) is 9.91 Å². The average molecular weight is 180 g/mol. The molecule has 0 amide bonds. The highest BCUT2D eigenvalue weighted by molar-refractivity contribution is 5.59. The molecule has 0 aliphatic carbocycles. The number of hydrazone groups is 1. The second-order valence-corrected chi connectivity index (χ2v) is 3.12. The van der Waals surface area contributed by atoms with Gasteiger partial charge < -0.3 is 0 Å². The van der Waals surface area contributed by atoms with Crippen molar-refractivity contribution in [2.24, 2.45) is 5.10 Å². The van der Waals surface area contributed by atoms with Crippen LogP contribution >= 0.6 is 0 Å². The maximum atomic E-state index is 8.81. The molecule has 0 aromatic carbocycles. The van der Waals surface area contributed by atoms with Crippen molar-refractivity contribution in [3.8, 4) is 6.19 Å². The monoisotopic (exact) mass is 180 g/mol. The second-order valence-electron chi connectivity index (χ2n) is 3.12. The summed E-state index contributed by atoms with van der Waals surface area (Å²) in [4.78, 5) is 1.62. The van der Waals surface area contributed by atoms with Gasteiger partial charge in [0.25, 0.3) is 0 Å². The molecule has 0 aromatic heterocycles. The van der Waals surface area contributed by atoms with E-state index in [1.807, 2.05) is 5.01 Å². The predicted octanol–water partition coefficient (Wildman–Crippen LogP) is 1.56. The van der Waals surface area contributed by atoms with Crippen LogP contribution in [0, 0.1) is 11.5 Å². The number of hydrogen-bond donors (Lipinski definition) is 0. The largest absolute Gasteiger partial charge is 0.272 e. The van der Waals surface area contributed by atoms with E-state index in [4.69, 9.17) is 5.26 Å². The van der Waals surface area contributed by atoms with Crippen molar-refractivity contribution >= 4 is 6.34 Å². The quantitative estimate of drug-likeness (QED) is 0.617. The first-order chi connectivity index (χ1) is 6.33. The maximum absolute atomic E-state index is 8.81. The van der Waals surface area contributed by atoms with E-state index >= 15 is 0 Å². The van der Waals surface area contributed by atoms with Crippen molar-refractivity contribution < 1.29 is 0 Å². The summed E-state index contributed by atoms with van der Waals surface area (Å²) in [7, 11) is 0. The number of unbranched alkanes of at least 4 members (excludes halogenated alkanes) is 1. The summed E-state index contributed by atoms with van der Waals surface area (Å²) in [6.07, 6.45) is 7.22. The summed E-state index contributed by atoms with van der Waals surface area (Å²) < 4.78 is 0. The van der Waals surface area contributed by atoms with Crippen molar-refractivity contribution in [2.75, 3.05) is 6.54 Å². The Labute approximate surface area is 79.4 Å². The van der Waals surface area contributed by atoms with Gasteiger partial charge in [-0.15, -0.1) is 0 Å². The van der Waals surface area contributed by atoms with E-state index in [-0.39, 0.29) is 6.17 Å². The van der Waals surface area contributed by atoms with Gasteiger partial charge in [-0.25, -0.2) is 4.90 Å². The van der Waals surface area contributed by atoms with Crippen molar-refractivity contribution in [1.29, 1.82) is 5.26 Å². The van der Waals surface area contributed by atoms with Gasteiger partial charge in [0.15, 0.2) is 6.19 Å². The summed E-state index contributed by atoms with van der Waals surface area (Å²) >= 11 is 0. The molecule has 0 radical (unpaired) electrons. The lowest BCUT2D eigenvalue weighted by Gasteiger charge is -2.24. The van der Waals surface area contributed by atoms with Crippen LogP contribution in [-0.4, -0.2) is 29.0 Å². The highest BCUT2D eigenvalue weighted by Gasteiger charge is 2.25. The Balaban J connectivity index is 2.51. The van der Waals surface area contributed by atoms with E-state index in [0.717, 1.165) is 25.8 Å². The van der Waals surface area contributed by atoms with Gasteiger partial charge >= 0.3 is 0 Å². The summed E-state index contributed by atoms with van der Waals surface area (Å²) in [5, 5.41) is 14.9. The molecule has 0 N–H and O–H groups in total. The zero-order valence-corrected chi connectivity index (χ0v) is 8.27. The van der Waals surface area contributed by atoms with Gasteiger partial charge in [-0.05, 0) is 19.8 Å². The summed E-state index contributed by atoms with van der Waals surface area (Å²) in [6, 6.07) is 0. The Morgan fingerprint density at radius 3 is 2.85 bits per heavy atom. The molecule has 4 nitrogen and oxygen atoms in total. The zero-order valence-electron chi connectivity index (χ0n) is 8.27. The standard InChI is InChI=1S/C9H16N4/c1-3-5-6-9-12(7-10)8-11-13(9)4-2/h8-9H,3-6H2,1-2H3. The van der Waals surface area contributed by atoms with Crippen LogP contribution in [0.2, 0.25) is 0 Å². The molecule has 0 fully saturated rings. The van der Waals surface area contributed by atoms with Gasteiger partial charge in [0.05, 0.1) is 0 Å². The number of rotatable bonds is 4. The average Bonchev–Trinajstić information content (AvgIpc) is 2.56. The van der Waals surface area contributed by atoms with Gasteiger partial charge in [-0.3, -0.25) is 5.01 Å². The molecule has 0 saturated heterocycles. The molecule has 0 saturated carbocycles. The van der Waals surface area contributed by atoms with Gasteiger partial charge in [-0.2, -0.15) is 10.4 Å². The molecule has 4 heteroatoms. The fourth-order valence-electron chi connectivity index (χ4n) is 1.48. The van der Waals surface area contributed by atoms with Crippen LogP contribution in [0.5, 0.6) is 0 Å². The first-order valence-corrected chi connectivity index (χ1v) is 4.82. The lowest BCUT2D eigenvalue weighted by atomic mass is 10.2. The third-order valence-electron chi connectivity index (χ3n) is 2.24. The highest BCUT2D eigenvalue weighted by atomic mass is 15.6. The van der Waals surface area contributed by atoms with Crippen molar-refractivity contribution in [3.63, 3.8) is 0 Å². The summed E-state index contributed by atoms with van der Waals surface area (Å²) in [5.41, 5.74) is 0. The summed E-state index contributed by atoms with van der Waals surface area (Å²) in [6.45, 7) is 5.07. The molecule has 0 spiro atoms. The molecule has 1 aliphatic rings. The smallest absolute Gasteiger partial charge is 0.187 e. The molecule has 1 aliphatic heterocycles. The maximum Gasteiger partial charge on any atom is 0.187 e. The minimum absolute atomic E-state index is 0.162. The van der Waals surface area contributed by atoms with Gasteiger partial charge in [0, 0.05) is 6.54 Å². The van der Waals surface area contributed by atoms with Crippen molar-refractivity contribution in [3.05, 3.63) is 0 Å². The number of hydrogen-bond acceptors (Lipinski definition) is 4. The van der Waals surface area contributed by atoms with E-state index in [1.165, 1.54) is 0 Å². The molecule has 1 heterocycles. The fourth-order valence-corrected chi connectivity index (χ4v) is 1.48. The van der Waals surface area contributed by atoms with E-state index in [0.29, 0.717) is 0 Å². The minimum Gasteiger partial charge on any atom is -0.272 e. The minimum atomic E-state index is 0.162. The third kappa shape index (κ3) is 2.11. The normalized spacial score (nSPS) is 20.8. The first-order valence-electron chi connectivity index (χ1n) is 4.82. The molecule has 13 heavy (non-hydrogen) atoms. The van der Waals surface area contributed by atoms with Gasteiger partial charge in [0.1, 0.15) is 12.5 Å². The van der Waals surface area contributed by atoms with Crippen LogP contribution in [0.4, 0.5) is 0 Å². The molecule has 0 aromatic rings. The second kappa shape index (κ2) is 4.70. The Kier molecular flexibility index (Phi) is 3.56. The molecule has 1 atom stereocenters. The topological polar surface area (TPSA) is 42.6 Å². The van der Waals surface area contributed by atoms with Crippen molar-refractivity contribution in [2.45, 2.75) is 39.3 Å². The van der Waals surface area contributed by atoms with Crippen LogP contribution in [0.15, 0.2) is 5.10 Å². The molecule has 0 bridgehead atoms. The molecule has 72 valence electrons. The van der Waals surface area contributed by atoms with Gasteiger partial charge in [0.2, 0.25) is 0 Å². The molecule has 1 unspecified atom stereocenters. The first kappa shape index (κ1) is 9.85. The van der Waals surface area contributed by atoms with Gasteiger partial charge in [-0.1, -0.05) is 13.3 Å². The Morgan fingerprint density at radius 2 is 2.31 bits per heavy atom. The lowest BCUT2D eigenvalue weighted by Crippen LogP contribution is -2.36. The molecular formula is C9H16N4. The van der Waals surface area contributed by atoms with Crippen LogP contribution in [0.1, 0.15) is 33.1 Å². The Bertz CT molecular complexity index is 218. The van der Waals surface area contributed by atoms with Crippen LogP contribution in [0.3, 0.4) is 0 Å². The number of nitriles is 1. The fraction of sp³-hybridized carbons (Fsp3) is 0.778. The number of nitrogens with zero attached hydrogens (tertiary/aromatic N) is 4. The third-order valence-corrected chi connectivity index (χ3v) is 2.24. The predicted molar refractivity (Wildman–Crippen MR) is 51.6 cm³/mol. The van der Waals surface area contributed by atoms with E-state index < -0.39 is 0 Å². The Hall–Kier alpha value is -1.24. The molecule has 1 rings (SSSR count). The molecular weight excluding hydrogens is 164 g/mol. The SMILES string of the molecule is CCCCC1N(C#N)C=NN1CC. The van der Waals surface area contributed by atoms with E-state index in [1.54, 1.807) is 11.2 Å². The van der Waals surface area contributed by atoms with E-state index in [2.05, 4.69) is 25.1 Å². The lowest BCUT2D eigenvalue weighted by molar-refractivity contribution is 0.157. The van der Waals surface area contributed by atoms with E-state index in [9.17, 15) is 0 Å². The summed E-state index contributed by atoms with van der Waals surface area (Å²) in [5.74, 6) is 0. The van der Waals surface area contributed by atoms with Crippen LogP contribution in [0.25, 0.3) is 0 Å². The van der Waals surface area contributed by atoms with Crippen LogP contribution in [-0.2, 0) is 0 Å². The highest BCUT2D eigenvalue weighted by Crippen LogP contribution is 2.16. The zero-order chi connectivity index (χ0) is 9.68. The Morgan fingerprint density at radius 1 is 1.54 bits per heavy atom. The van der Waals surface area contributed by atoms with Crippen LogP contribution < -0.4 is 0 Å².